The number of allylic oxidation sites excluding steroid dienone is 2. The predicted octanol–water partition coefficient (Wildman–Crippen LogP) is 5.67. The van der Waals surface area contributed by atoms with E-state index in [9.17, 15) is 9.59 Å². The van der Waals surface area contributed by atoms with Crippen molar-refractivity contribution in [2.45, 2.75) is 45.2 Å². The summed E-state index contributed by atoms with van der Waals surface area (Å²) in [5.41, 5.74) is 4.03. The van der Waals surface area contributed by atoms with Crippen molar-refractivity contribution in [2.24, 2.45) is 0 Å². The van der Waals surface area contributed by atoms with E-state index in [0.717, 1.165) is 59.4 Å². The molecule has 1 fully saturated rings. The molecule has 5 rings (SSSR count). The van der Waals surface area contributed by atoms with Crippen LogP contribution in [-0.2, 0) is 51.8 Å². The Bertz CT molecular complexity index is 1740. The summed E-state index contributed by atoms with van der Waals surface area (Å²) in [7, 11) is 2.04. The second kappa shape index (κ2) is 23.4. The number of carbonyl (C=O) groups is 2. The summed E-state index contributed by atoms with van der Waals surface area (Å²) in [5.74, 6) is 3.36. The van der Waals surface area contributed by atoms with Gasteiger partial charge in [0.25, 0.3) is 0 Å². The Morgan fingerprint density at radius 2 is 1.67 bits per heavy atom. The third-order valence-corrected chi connectivity index (χ3v) is 9.85. The Morgan fingerprint density at radius 3 is 2.30 bits per heavy atom. The fourth-order valence-electron chi connectivity index (χ4n) is 6.23. The summed E-state index contributed by atoms with van der Waals surface area (Å²) >= 11 is 7.82. The van der Waals surface area contributed by atoms with Gasteiger partial charge in [0, 0.05) is 37.5 Å². The zero-order chi connectivity index (χ0) is 38.6. The molecule has 0 N–H and O–H groups in total. The van der Waals surface area contributed by atoms with Crippen molar-refractivity contribution in [3.05, 3.63) is 75.5 Å². The van der Waals surface area contributed by atoms with Crippen LogP contribution in [0.4, 0.5) is 5.69 Å². The molecule has 1 aromatic carbocycles. The Morgan fingerprint density at radius 1 is 1.00 bits per heavy atom. The van der Waals surface area contributed by atoms with E-state index in [1.165, 1.54) is 11.8 Å². The molecule has 292 valence electrons. The van der Waals surface area contributed by atoms with Crippen LogP contribution in [0.5, 0.6) is 0 Å². The molecule has 0 radical (unpaired) electrons. The molecule has 0 unspecified atom stereocenters. The fourth-order valence-corrected chi connectivity index (χ4v) is 6.90. The molecule has 2 aliphatic rings. The topological polar surface area (TPSA) is 117 Å². The molecule has 12 nitrogen and oxygen atoms in total. The minimum atomic E-state index is -0.491. The number of likely N-dealkylation sites (N-methyl/N-ethyl adjacent to an activating group) is 1. The number of aromatic nitrogens is 3. The quantitative estimate of drug-likeness (QED) is 0.0513. The summed E-state index contributed by atoms with van der Waals surface area (Å²) in [6, 6.07) is 7.75. The average molecular weight is 782 g/mol. The van der Waals surface area contributed by atoms with E-state index in [-0.39, 0.29) is 5.91 Å². The van der Waals surface area contributed by atoms with Crippen LogP contribution in [0.3, 0.4) is 0 Å². The van der Waals surface area contributed by atoms with Gasteiger partial charge in [-0.1, -0.05) is 23.6 Å². The van der Waals surface area contributed by atoms with Crippen LogP contribution in [0.15, 0.2) is 59.1 Å². The van der Waals surface area contributed by atoms with Gasteiger partial charge in [0.1, 0.15) is 24.1 Å². The number of anilines is 1. The number of hydrogen-bond donors (Lipinski definition) is 0. The van der Waals surface area contributed by atoms with Crippen LogP contribution in [0.2, 0.25) is 5.02 Å². The van der Waals surface area contributed by atoms with Gasteiger partial charge in [-0.05, 0) is 80.0 Å². The van der Waals surface area contributed by atoms with Crippen LogP contribution in [0, 0.1) is 12.3 Å². The average Bonchev–Trinajstić information content (AvgIpc) is 3.62. The van der Waals surface area contributed by atoms with Gasteiger partial charge in [-0.15, -0.1) is 18.2 Å². The molecule has 0 saturated carbocycles. The first kappa shape index (κ1) is 43.2. The van der Waals surface area contributed by atoms with Gasteiger partial charge in [-0.3, -0.25) is 14.6 Å². The molecule has 0 bridgehead atoms. The maximum atomic E-state index is 13.8. The highest BCUT2D eigenvalue weighted by atomic mass is 35.5. The summed E-state index contributed by atoms with van der Waals surface area (Å²) in [6.45, 7) is 11.3. The minimum Gasteiger partial charge on any atom is -0.379 e. The number of pyridine rings is 1. The van der Waals surface area contributed by atoms with Crippen molar-refractivity contribution >= 4 is 52.3 Å². The second-order valence-corrected chi connectivity index (χ2v) is 14.1. The zero-order valence-corrected chi connectivity index (χ0v) is 33.1. The molecular weight excluding hydrogens is 730 g/mol. The second-order valence-electron chi connectivity index (χ2n) is 12.8. The van der Waals surface area contributed by atoms with Crippen molar-refractivity contribution in [3.8, 4) is 12.3 Å². The number of fused-ring (bicyclic) bond motifs is 3. The van der Waals surface area contributed by atoms with Gasteiger partial charge >= 0.3 is 0 Å². The number of carbonyl (C=O) groups excluding carboxylic acids is 2. The lowest BCUT2D eigenvalue weighted by Crippen LogP contribution is -2.62. The normalized spacial score (nSPS) is 15.1. The Kier molecular flexibility index (Phi) is 18.7. The van der Waals surface area contributed by atoms with Crippen LogP contribution in [0.1, 0.15) is 38.1 Å². The van der Waals surface area contributed by atoms with Crippen LogP contribution < -0.4 is 4.90 Å². The zero-order valence-electron chi connectivity index (χ0n) is 31.5. The van der Waals surface area contributed by atoms with Crippen molar-refractivity contribution in [3.63, 3.8) is 0 Å². The summed E-state index contributed by atoms with van der Waals surface area (Å²) in [6.07, 6.45) is 13.2. The largest absolute Gasteiger partial charge is 0.379 e. The Labute approximate surface area is 328 Å². The third kappa shape index (κ3) is 12.5. The molecular formula is C40H52ClN5O7S. The van der Waals surface area contributed by atoms with Gasteiger partial charge < -0.3 is 38.1 Å². The summed E-state index contributed by atoms with van der Waals surface area (Å²) < 4.78 is 29.6. The van der Waals surface area contributed by atoms with E-state index in [2.05, 4.69) is 20.4 Å². The van der Waals surface area contributed by atoms with E-state index in [4.69, 9.17) is 46.7 Å². The number of likely N-dealkylation sites (tertiary alicyclic amines) is 1. The number of aldehydes is 1. The van der Waals surface area contributed by atoms with Crippen molar-refractivity contribution in [1.29, 1.82) is 0 Å². The van der Waals surface area contributed by atoms with E-state index in [1.54, 1.807) is 19.3 Å². The van der Waals surface area contributed by atoms with Gasteiger partial charge in [0.05, 0.1) is 82.3 Å². The number of nitrogens with zero attached hydrogens (tertiary/aromatic N) is 5. The Hall–Kier alpha value is -3.58. The first-order valence-corrected chi connectivity index (χ1v) is 19.5. The number of rotatable bonds is 23. The number of amides is 1. The lowest BCUT2D eigenvalue weighted by Gasteiger charge is -2.44. The Balaban J connectivity index is 0.000000641. The SMILES string of the molecule is C#CCOCCOCCOCCOCCOCCCCn1c(CN2C(=O)C3(CN(C)C3)c3ccncc32)nc2cc(Cl)ccc21.C/C=C\S/C=C(\C)C=O. The molecule has 3 aromatic rings. The molecule has 0 atom stereocenters. The molecule has 2 aliphatic heterocycles. The first-order chi connectivity index (χ1) is 26.3. The number of halogens is 1. The maximum Gasteiger partial charge on any atom is 0.240 e. The van der Waals surface area contributed by atoms with E-state index in [1.807, 2.05) is 60.0 Å². The van der Waals surface area contributed by atoms with E-state index in [0.29, 0.717) is 90.7 Å². The van der Waals surface area contributed by atoms with E-state index < -0.39 is 5.41 Å². The molecule has 1 spiro atoms. The molecule has 54 heavy (non-hydrogen) atoms. The number of terminal acetylenes is 1. The highest BCUT2D eigenvalue weighted by Gasteiger charge is 2.57. The first-order valence-electron chi connectivity index (χ1n) is 18.1. The highest BCUT2D eigenvalue weighted by Crippen LogP contribution is 2.47. The predicted molar refractivity (Wildman–Crippen MR) is 214 cm³/mol. The van der Waals surface area contributed by atoms with Crippen LogP contribution in [-0.4, -0.2) is 118 Å². The molecule has 1 amide bonds. The number of aryl methyl sites for hydroxylation is 1. The smallest absolute Gasteiger partial charge is 0.240 e. The monoisotopic (exact) mass is 781 g/mol. The van der Waals surface area contributed by atoms with Gasteiger partial charge in [-0.2, -0.15) is 0 Å². The molecule has 14 heteroatoms. The summed E-state index contributed by atoms with van der Waals surface area (Å²) in [5, 5.41) is 4.37. The number of benzene rings is 1. The number of hydrogen-bond acceptors (Lipinski definition) is 11. The molecule has 0 aliphatic carbocycles. The van der Waals surface area contributed by atoms with Crippen molar-refractivity contribution in [2.75, 3.05) is 91.1 Å². The van der Waals surface area contributed by atoms with Gasteiger partial charge in [0.2, 0.25) is 5.91 Å². The van der Waals surface area contributed by atoms with Gasteiger partial charge in [0.15, 0.2) is 0 Å². The van der Waals surface area contributed by atoms with Gasteiger partial charge in [-0.25, -0.2) is 4.98 Å². The van der Waals surface area contributed by atoms with E-state index >= 15 is 0 Å². The lowest BCUT2D eigenvalue weighted by atomic mass is 9.75. The number of unbranched alkanes of at least 4 members (excludes halogenated alkanes) is 1. The van der Waals surface area contributed by atoms with Crippen molar-refractivity contribution in [1.82, 2.24) is 19.4 Å². The number of imidazole rings is 1. The standard InChI is InChI=1S/C33H42ClN5O6.C7H10OS/c1-3-11-41-13-15-43-17-19-45-20-18-44-16-14-42-12-5-4-10-38-29-7-6-26(34)21-28(29)36-31(38)23-39-30-22-35-9-8-27(30)33(32(39)40)24-37(2)25-33;1-3-4-9-6-7(2)5-8/h1,6-9,21-22H,4-5,10-20,23-25H2,2H3;3-6H,1-2H3/b;4-3-,7-6+. The van der Waals surface area contributed by atoms with Crippen molar-refractivity contribution < 1.29 is 33.3 Å². The number of thioether (sulfide) groups is 1. The number of ether oxygens (including phenoxy) is 5. The van der Waals surface area contributed by atoms with Crippen LogP contribution in [0.25, 0.3) is 11.0 Å². The summed E-state index contributed by atoms with van der Waals surface area (Å²) in [4.78, 5) is 37.1. The fraction of sp³-hybridized carbons (Fsp3) is 0.500. The minimum absolute atomic E-state index is 0.120. The molecule has 4 heterocycles. The highest BCUT2D eigenvalue weighted by molar-refractivity contribution is 8.04. The molecule has 1 saturated heterocycles. The molecule has 2 aromatic heterocycles. The maximum absolute atomic E-state index is 13.8. The van der Waals surface area contributed by atoms with Crippen LogP contribution >= 0.6 is 23.4 Å². The third-order valence-electron chi connectivity index (χ3n) is 8.68. The lowest BCUT2D eigenvalue weighted by molar-refractivity contribution is -0.128.